The lowest BCUT2D eigenvalue weighted by Gasteiger charge is -2.44. The van der Waals surface area contributed by atoms with Crippen LogP contribution in [0.5, 0.6) is 0 Å². The summed E-state index contributed by atoms with van der Waals surface area (Å²) in [5, 5.41) is 9.70. The Morgan fingerprint density at radius 3 is 2.27 bits per heavy atom. The maximum Gasteiger partial charge on any atom is 0.247 e. The predicted molar refractivity (Wildman–Crippen MR) is 163 cm³/mol. The first-order valence-electron chi connectivity index (χ1n) is 14.9. The number of benzene rings is 1. The van der Waals surface area contributed by atoms with Crippen molar-refractivity contribution in [2.75, 3.05) is 26.2 Å². The smallest absolute Gasteiger partial charge is 0.247 e. The van der Waals surface area contributed by atoms with E-state index in [9.17, 15) is 19.5 Å². The van der Waals surface area contributed by atoms with Gasteiger partial charge in [-0.25, -0.2) is 0 Å². The van der Waals surface area contributed by atoms with Crippen LogP contribution in [0, 0.1) is 17.3 Å². The van der Waals surface area contributed by atoms with Crippen LogP contribution in [0.3, 0.4) is 0 Å². The molecule has 1 aromatic rings. The van der Waals surface area contributed by atoms with Crippen molar-refractivity contribution in [3.8, 4) is 0 Å². The molecule has 0 radical (unpaired) electrons. The van der Waals surface area contributed by atoms with Gasteiger partial charge in [-0.05, 0) is 44.6 Å². The summed E-state index contributed by atoms with van der Waals surface area (Å²) in [5.41, 5.74) is 0.610. The van der Waals surface area contributed by atoms with Gasteiger partial charge in [0, 0.05) is 43.1 Å². The molecule has 1 spiro atoms. The fraction of sp³-hybridized carbons (Fsp3) is 0.606. The van der Waals surface area contributed by atoms with Crippen molar-refractivity contribution in [1.29, 1.82) is 0 Å². The van der Waals surface area contributed by atoms with Gasteiger partial charge in [0.05, 0.1) is 16.6 Å². The highest BCUT2D eigenvalue weighted by Crippen LogP contribution is 2.65. The number of hydrogen-bond donors (Lipinski definition) is 1. The van der Waals surface area contributed by atoms with Crippen LogP contribution in [0.25, 0.3) is 0 Å². The maximum atomic E-state index is 14.7. The molecule has 0 saturated carbocycles. The Balaban J connectivity index is 1.57. The molecule has 5 atom stereocenters. The summed E-state index contributed by atoms with van der Waals surface area (Å²) in [5.74, 6) is -1.53. The third-order valence-electron chi connectivity index (χ3n) is 9.11. The second-order valence-corrected chi connectivity index (χ2v) is 15.9. The van der Waals surface area contributed by atoms with Gasteiger partial charge < -0.3 is 19.8 Å². The molecule has 1 N–H and O–H groups in total. The highest BCUT2D eigenvalue weighted by molar-refractivity contribution is 8.02. The van der Waals surface area contributed by atoms with E-state index in [4.69, 9.17) is 0 Å². The summed E-state index contributed by atoms with van der Waals surface area (Å²) < 4.78 is -1.50. The van der Waals surface area contributed by atoms with Crippen LogP contribution in [0.15, 0.2) is 54.6 Å². The average Bonchev–Trinajstić information content (AvgIpc) is 3.14. The number of rotatable bonds is 7. The van der Waals surface area contributed by atoms with Gasteiger partial charge in [-0.15, -0.1) is 11.8 Å². The van der Waals surface area contributed by atoms with E-state index in [2.05, 4.69) is 65.8 Å². The van der Waals surface area contributed by atoms with Crippen LogP contribution in [-0.4, -0.2) is 84.8 Å². The fourth-order valence-corrected chi connectivity index (χ4v) is 10.1. The molecule has 3 amide bonds. The first-order valence-corrected chi connectivity index (χ1v) is 15.7. The lowest BCUT2D eigenvalue weighted by atomic mass is 9.74. The van der Waals surface area contributed by atoms with E-state index in [0.29, 0.717) is 26.1 Å². The second kappa shape index (κ2) is 10.6. The van der Waals surface area contributed by atoms with Gasteiger partial charge in [0.15, 0.2) is 0 Å². The minimum atomic E-state index is -0.870. The number of carbonyl (C=O) groups is 3. The monoisotopic (exact) mass is 579 g/mol. The molecule has 1 unspecified atom stereocenters. The Morgan fingerprint density at radius 1 is 0.927 bits per heavy atom. The molecule has 2 saturated heterocycles. The standard InChI is InChI=1S/C33H45N3O4S/c1-30(2,3)22-31(4,5)36-19-11-16-33-25(28(39)35(18-12-20-37)26(33)29(36)40)24-27(38)34(17-10-15-32(24,6)41-33)21-23-13-8-7-9-14-23/h7-11,13-16,24-26,37H,12,17-22H2,1-6H3/t24-,25+,26?,32+,33+/m1/s1. The molecule has 7 nitrogen and oxygen atoms in total. The Labute approximate surface area is 249 Å². The zero-order valence-electron chi connectivity index (χ0n) is 25.3. The van der Waals surface area contributed by atoms with Gasteiger partial charge in [-0.3, -0.25) is 14.4 Å². The van der Waals surface area contributed by atoms with E-state index in [0.717, 1.165) is 12.0 Å². The van der Waals surface area contributed by atoms with E-state index >= 15 is 0 Å². The number of thioether (sulfide) groups is 1. The molecule has 4 aliphatic heterocycles. The number of aliphatic hydroxyl groups excluding tert-OH is 1. The van der Waals surface area contributed by atoms with Crippen molar-refractivity contribution in [3.05, 3.63) is 60.2 Å². The van der Waals surface area contributed by atoms with Gasteiger partial charge in [-0.2, -0.15) is 0 Å². The number of hydrogen-bond acceptors (Lipinski definition) is 5. The highest BCUT2D eigenvalue weighted by Gasteiger charge is 2.74. The van der Waals surface area contributed by atoms with Gasteiger partial charge >= 0.3 is 0 Å². The zero-order valence-corrected chi connectivity index (χ0v) is 26.1. The molecule has 8 heteroatoms. The van der Waals surface area contributed by atoms with Crippen LogP contribution in [0.2, 0.25) is 0 Å². The van der Waals surface area contributed by atoms with Crippen molar-refractivity contribution in [2.45, 2.75) is 82.0 Å². The van der Waals surface area contributed by atoms with E-state index in [1.54, 1.807) is 16.7 Å². The van der Waals surface area contributed by atoms with Gasteiger partial charge in [0.2, 0.25) is 17.7 Å². The number of carbonyl (C=O) groups excluding carboxylic acids is 3. The van der Waals surface area contributed by atoms with E-state index in [1.165, 1.54) is 0 Å². The summed E-state index contributed by atoms with van der Waals surface area (Å²) in [4.78, 5) is 49.0. The van der Waals surface area contributed by atoms with E-state index in [1.807, 2.05) is 40.1 Å². The number of amides is 3. The molecule has 222 valence electrons. The first kappa shape index (κ1) is 29.9. The summed E-state index contributed by atoms with van der Waals surface area (Å²) in [6, 6.07) is 9.19. The van der Waals surface area contributed by atoms with Crippen LogP contribution < -0.4 is 0 Å². The molecule has 5 rings (SSSR count). The molecule has 4 heterocycles. The minimum Gasteiger partial charge on any atom is -0.396 e. The Bertz CT molecular complexity index is 1250. The number of likely N-dealkylation sites (tertiary alicyclic amines) is 1. The van der Waals surface area contributed by atoms with Crippen molar-refractivity contribution in [3.63, 3.8) is 0 Å². The van der Waals surface area contributed by atoms with Gasteiger partial charge in [-0.1, -0.05) is 75.4 Å². The molecular formula is C33H45N3O4S. The molecule has 4 aliphatic rings. The van der Waals surface area contributed by atoms with Crippen molar-refractivity contribution in [2.24, 2.45) is 17.3 Å². The van der Waals surface area contributed by atoms with Crippen LogP contribution in [0.1, 0.15) is 59.9 Å². The van der Waals surface area contributed by atoms with Crippen LogP contribution >= 0.6 is 11.8 Å². The summed E-state index contributed by atoms with van der Waals surface area (Å²) in [7, 11) is 0. The number of nitrogens with zero attached hydrogens (tertiary/aromatic N) is 3. The largest absolute Gasteiger partial charge is 0.396 e. The van der Waals surface area contributed by atoms with E-state index < -0.39 is 32.9 Å². The van der Waals surface area contributed by atoms with Gasteiger partial charge in [0.25, 0.3) is 0 Å². The van der Waals surface area contributed by atoms with Crippen LogP contribution in [-0.2, 0) is 20.9 Å². The van der Waals surface area contributed by atoms with E-state index in [-0.39, 0.29) is 36.3 Å². The number of fused-ring (bicyclic) bond motifs is 2. The summed E-state index contributed by atoms with van der Waals surface area (Å²) in [6.45, 7) is 14.4. The lowest BCUT2D eigenvalue weighted by Crippen LogP contribution is -2.58. The number of aliphatic hydroxyl groups is 1. The van der Waals surface area contributed by atoms with Crippen molar-refractivity contribution in [1.82, 2.24) is 14.7 Å². The van der Waals surface area contributed by atoms with Crippen molar-refractivity contribution >= 4 is 29.5 Å². The maximum absolute atomic E-state index is 14.7. The lowest BCUT2D eigenvalue weighted by molar-refractivity contribution is -0.147. The zero-order chi connectivity index (χ0) is 29.8. The third-order valence-corrected chi connectivity index (χ3v) is 10.9. The van der Waals surface area contributed by atoms with Crippen molar-refractivity contribution < 1.29 is 19.5 Å². The Morgan fingerprint density at radius 2 is 1.61 bits per heavy atom. The third kappa shape index (κ3) is 5.16. The van der Waals surface area contributed by atoms with Crippen LogP contribution in [0.4, 0.5) is 0 Å². The molecule has 41 heavy (non-hydrogen) atoms. The highest BCUT2D eigenvalue weighted by atomic mass is 32.2. The minimum absolute atomic E-state index is 0.00426. The topological polar surface area (TPSA) is 81.2 Å². The Hall–Kier alpha value is -2.58. The molecule has 0 aromatic heterocycles. The first-order chi connectivity index (χ1) is 19.2. The Kier molecular flexibility index (Phi) is 7.73. The quantitative estimate of drug-likeness (QED) is 0.488. The molecule has 1 aromatic carbocycles. The molecule has 0 bridgehead atoms. The summed E-state index contributed by atoms with van der Waals surface area (Å²) >= 11 is 1.61. The molecule has 2 fully saturated rings. The molecule has 0 aliphatic carbocycles. The normalized spacial score (nSPS) is 31.7. The second-order valence-electron chi connectivity index (χ2n) is 14.1. The van der Waals surface area contributed by atoms with Gasteiger partial charge in [0.1, 0.15) is 6.04 Å². The summed E-state index contributed by atoms with van der Waals surface area (Å²) in [6.07, 6.45) is 9.47. The fourth-order valence-electron chi connectivity index (χ4n) is 7.94. The molecular weight excluding hydrogens is 534 g/mol. The average molecular weight is 580 g/mol. The predicted octanol–water partition coefficient (Wildman–Crippen LogP) is 4.27. The SMILES string of the molecule is CC(C)(C)CC(C)(C)N1CC=C[C@]23S[C@@]4(C)C=CCN(Cc5ccccc5)C(=O)[C@H]4[C@H]2C(=O)N(CCCO)C3C1=O.